The number of aromatic hydroxyl groups is 1. The van der Waals surface area contributed by atoms with E-state index < -0.39 is 0 Å². The molecule has 1 amide bonds. The van der Waals surface area contributed by atoms with E-state index >= 15 is 0 Å². The number of nitrogens with one attached hydrogen (secondary N) is 1. The molecule has 0 atom stereocenters. The molecule has 0 spiro atoms. The van der Waals surface area contributed by atoms with Gasteiger partial charge >= 0.3 is 0 Å². The van der Waals surface area contributed by atoms with Gasteiger partial charge in [-0.3, -0.25) is 4.79 Å². The molecule has 0 heterocycles. The van der Waals surface area contributed by atoms with Crippen molar-refractivity contribution >= 4 is 22.9 Å². The van der Waals surface area contributed by atoms with Gasteiger partial charge in [-0.2, -0.15) is 5.10 Å². The molecule has 0 aliphatic carbocycles. The molecule has 3 rings (SSSR count). The quantitative estimate of drug-likeness (QED) is 0.367. The Bertz CT molecular complexity index is 1110. The van der Waals surface area contributed by atoms with Crippen molar-refractivity contribution in [2.75, 3.05) is 6.61 Å². The minimum atomic E-state index is -0.377. The normalized spacial score (nSPS) is 12.3. The number of phenols is 1. The Morgan fingerprint density at radius 1 is 1.00 bits per heavy atom. The van der Waals surface area contributed by atoms with Crippen LogP contribution < -0.4 is 10.2 Å². The first-order chi connectivity index (χ1) is 15.0. The third-order valence-corrected chi connectivity index (χ3v) is 5.31. The molecule has 0 aromatic heterocycles. The predicted octanol–water partition coefficient (Wildman–Crippen LogP) is 5.79. The second-order valence-electron chi connectivity index (χ2n) is 9.95. The van der Waals surface area contributed by atoms with Crippen molar-refractivity contribution in [3.05, 3.63) is 71.8 Å². The molecule has 0 fully saturated rings. The Labute approximate surface area is 190 Å². The largest absolute Gasteiger partial charge is 0.507 e. The summed E-state index contributed by atoms with van der Waals surface area (Å²) in [4.78, 5) is 12.1. The van der Waals surface area contributed by atoms with E-state index in [0.717, 1.165) is 17.2 Å². The molecule has 5 nitrogen and oxygen atoms in total. The third-order valence-electron chi connectivity index (χ3n) is 5.31. The molecule has 0 radical (unpaired) electrons. The fourth-order valence-electron chi connectivity index (χ4n) is 4.20. The first kappa shape index (κ1) is 23.3. The maximum Gasteiger partial charge on any atom is 0.277 e. The summed E-state index contributed by atoms with van der Waals surface area (Å²) in [5, 5.41) is 16.0. The van der Waals surface area contributed by atoms with Crippen LogP contribution in [0.4, 0.5) is 0 Å². The van der Waals surface area contributed by atoms with E-state index in [-0.39, 0.29) is 29.1 Å². The van der Waals surface area contributed by atoms with Crippen molar-refractivity contribution < 1.29 is 14.6 Å². The highest BCUT2D eigenvalue weighted by Gasteiger charge is 2.27. The lowest BCUT2D eigenvalue weighted by Gasteiger charge is -2.33. The van der Waals surface area contributed by atoms with Crippen LogP contribution in [0.5, 0.6) is 11.5 Å². The fourth-order valence-corrected chi connectivity index (χ4v) is 4.20. The number of hydrogen-bond acceptors (Lipinski definition) is 4. The molecule has 0 saturated carbocycles. The zero-order chi connectivity index (χ0) is 23.4. The SMILES string of the molecule is CC(C)(C)CC(C)(C)c1ccc(OCC(=O)N/N=C\c2c(O)ccc3ccccc23)cc1. The number of fused-ring (bicyclic) bond motifs is 1. The summed E-state index contributed by atoms with van der Waals surface area (Å²) in [6.07, 6.45) is 2.51. The molecular weight excluding hydrogens is 400 g/mol. The van der Waals surface area contributed by atoms with Gasteiger partial charge in [0.2, 0.25) is 0 Å². The summed E-state index contributed by atoms with van der Waals surface area (Å²) in [7, 11) is 0. The topological polar surface area (TPSA) is 70.9 Å². The smallest absolute Gasteiger partial charge is 0.277 e. The molecule has 0 saturated heterocycles. The number of carbonyl (C=O) groups is 1. The van der Waals surface area contributed by atoms with Gasteiger partial charge in [0.1, 0.15) is 11.5 Å². The standard InChI is InChI=1S/C27H32N2O3/c1-26(2,3)18-27(4,5)20-11-13-21(14-12-20)32-17-25(31)29-28-16-23-22-9-7-6-8-19(22)10-15-24(23)30/h6-16,30H,17-18H2,1-5H3,(H,29,31)/b28-16-. The summed E-state index contributed by atoms with van der Waals surface area (Å²) in [5.41, 5.74) is 4.53. The van der Waals surface area contributed by atoms with Crippen molar-refractivity contribution in [3.63, 3.8) is 0 Å². The number of carbonyl (C=O) groups excluding carboxylic acids is 1. The average Bonchev–Trinajstić information content (AvgIpc) is 2.72. The fraction of sp³-hybridized carbons (Fsp3) is 0.333. The Hall–Kier alpha value is -3.34. The number of amides is 1. The van der Waals surface area contributed by atoms with Crippen LogP contribution in [-0.4, -0.2) is 23.8 Å². The summed E-state index contributed by atoms with van der Waals surface area (Å²) in [6, 6.07) is 19.0. The van der Waals surface area contributed by atoms with Crippen molar-refractivity contribution in [2.24, 2.45) is 10.5 Å². The van der Waals surface area contributed by atoms with E-state index in [1.54, 1.807) is 6.07 Å². The lowest BCUT2D eigenvalue weighted by molar-refractivity contribution is -0.123. The highest BCUT2D eigenvalue weighted by atomic mass is 16.5. The van der Waals surface area contributed by atoms with Gasteiger partial charge in [-0.1, -0.05) is 77.1 Å². The summed E-state index contributed by atoms with van der Waals surface area (Å²) in [6.45, 7) is 11.1. The number of rotatable bonds is 7. The van der Waals surface area contributed by atoms with Crippen LogP contribution in [0.3, 0.4) is 0 Å². The molecule has 0 bridgehead atoms. The first-order valence-corrected chi connectivity index (χ1v) is 10.8. The van der Waals surface area contributed by atoms with Gasteiger partial charge in [-0.25, -0.2) is 5.43 Å². The van der Waals surface area contributed by atoms with E-state index in [0.29, 0.717) is 11.3 Å². The highest BCUT2D eigenvalue weighted by molar-refractivity contribution is 6.02. The highest BCUT2D eigenvalue weighted by Crippen LogP contribution is 2.36. The van der Waals surface area contributed by atoms with Gasteiger partial charge in [-0.15, -0.1) is 0 Å². The van der Waals surface area contributed by atoms with Crippen molar-refractivity contribution in [2.45, 2.75) is 46.5 Å². The van der Waals surface area contributed by atoms with Crippen LogP contribution in [0.1, 0.15) is 52.2 Å². The molecule has 0 aliphatic heterocycles. The summed E-state index contributed by atoms with van der Waals surface area (Å²) >= 11 is 0. The third kappa shape index (κ3) is 6.10. The van der Waals surface area contributed by atoms with Crippen LogP contribution in [0.2, 0.25) is 0 Å². The molecule has 0 unspecified atom stereocenters. The zero-order valence-electron chi connectivity index (χ0n) is 19.5. The molecule has 5 heteroatoms. The van der Waals surface area contributed by atoms with E-state index in [2.05, 4.69) is 57.3 Å². The molecular formula is C27H32N2O3. The lowest BCUT2D eigenvalue weighted by Crippen LogP contribution is -2.25. The molecule has 168 valence electrons. The molecule has 3 aromatic rings. The van der Waals surface area contributed by atoms with E-state index in [1.807, 2.05) is 42.5 Å². The van der Waals surface area contributed by atoms with E-state index in [4.69, 9.17) is 4.74 Å². The summed E-state index contributed by atoms with van der Waals surface area (Å²) in [5.74, 6) is 0.358. The van der Waals surface area contributed by atoms with Gasteiger partial charge in [0, 0.05) is 5.56 Å². The van der Waals surface area contributed by atoms with Crippen molar-refractivity contribution in [1.29, 1.82) is 0 Å². The van der Waals surface area contributed by atoms with Gasteiger partial charge in [0.05, 0.1) is 6.21 Å². The maximum atomic E-state index is 12.1. The van der Waals surface area contributed by atoms with Crippen LogP contribution >= 0.6 is 0 Å². The van der Waals surface area contributed by atoms with E-state index in [1.165, 1.54) is 11.8 Å². The van der Waals surface area contributed by atoms with Crippen LogP contribution in [0, 0.1) is 5.41 Å². The lowest BCUT2D eigenvalue weighted by atomic mass is 9.72. The molecule has 2 N–H and O–H groups in total. The average molecular weight is 433 g/mol. The Kier molecular flexibility index (Phi) is 6.87. The zero-order valence-corrected chi connectivity index (χ0v) is 19.5. The number of hydrazone groups is 1. The van der Waals surface area contributed by atoms with E-state index in [9.17, 15) is 9.90 Å². The van der Waals surface area contributed by atoms with Gasteiger partial charge in [0.15, 0.2) is 6.61 Å². The minimum Gasteiger partial charge on any atom is -0.507 e. The Balaban J connectivity index is 1.56. The van der Waals surface area contributed by atoms with Gasteiger partial charge in [-0.05, 0) is 51.8 Å². The molecule has 32 heavy (non-hydrogen) atoms. The monoisotopic (exact) mass is 432 g/mol. The Morgan fingerprint density at radius 2 is 1.69 bits per heavy atom. The van der Waals surface area contributed by atoms with Crippen molar-refractivity contribution in [1.82, 2.24) is 5.43 Å². The van der Waals surface area contributed by atoms with Gasteiger partial charge in [0.25, 0.3) is 5.91 Å². The predicted molar refractivity (Wildman–Crippen MR) is 130 cm³/mol. The second kappa shape index (κ2) is 9.43. The second-order valence-corrected chi connectivity index (χ2v) is 9.95. The first-order valence-electron chi connectivity index (χ1n) is 10.8. The maximum absolute atomic E-state index is 12.1. The van der Waals surface area contributed by atoms with Gasteiger partial charge < -0.3 is 9.84 Å². The van der Waals surface area contributed by atoms with Crippen LogP contribution in [0.15, 0.2) is 65.8 Å². The summed E-state index contributed by atoms with van der Waals surface area (Å²) < 4.78 is 5.60. The van der Waals surface area contributed by atoms with Crippen LogP contribution in [-0.2, 0) is 10.2 Å². The van der Waals surface area contributed by atoms with Crippen molar-refractivity contribution in [3.8, 4) is 11.5 Å². The number of nitrogens with zero attached hydrogens (tertiary/aromatic N) is 1. The van der Waals surface area contributed by atoms with Crippen LogP contribution in [0.25, 0.3) is 10.8 Å². The number of ether oxygens (including phenoxy) is 1. The Morgan fingerprint density at radius 3 is 2.38 bits per heavy atom. The molecule has 3 aromatic carbocycles. The number of hydrogen-bond donors (Lipinski definition) is 2. The minimum absolute atomic E-state index is 0.0516. The number of benzene rings is 3. The molecule has 0 aliphatic rings. The number of phenolic OH excluding ortho intramolecular Hbond substituents is 1.